The quantitative estimate of drug-likeness (QED) is 0.244. The van der Waals surface area contributed by atoms with E-state index in [1.165, 1.54) is 30.4 Å². The molecule has 0 bridgehead atoms. The average Bonchev–Trinajstić information content (AvgIpc) is 3.32. The van der Waals surface area contributed by atoms with Gasteiger partial charge in [-0.2, -0.15) is 0 Å². The van der Waals surface area contributed by atoms with Crippen LogP contribution in [0.4, 0.5) is 5.69 Å². The van der Waals surface area contributed by atoms with Gasteiger partial charge >= 0.3 is 0 Å². The van der Waals surface area contributed by atoms with Gasteiger partial charge in [-0.3, -0.25) is 19.7 Å². The number of amides is 1. The van der Waals surface area contributed by atoms with Crippen LogP contribution in [0.25, 0.3) is 0 Å². The van der Waals surface area contributed by atoms with Crippen molar-refractivity contribution < 1.29 is 19.6 Å². The van der Waals surface area contributed by atoms with Crippen molar-refractivity contribution in [2.45, 2.75) is 45.3 Å². The molecular weight excluding hydrogens is 454 g/mol. The van der Waals surface area contributed by atoms with E-state index in [4.69, 9.17) is 0 Å². The first kappa shape index (κ1) is 25.2. The number of nitro groups is 1. The summed E-state index contributed by atoms with van der Waals surface area (Å²) in [5, 5.41) is 26.5. The summed E-state index contributed by atoms with van der Waals surface area (Å²) in [6.07, 6.45) is -0.0227. The lowest BCUT2D eigenvalue weighted by molar-refractivity contribution is -0.384. The average molecular weight is 482 g/mol. The number of nitrogens with one attached hydrogen (secondary N) is 1. The minimum Gasteiger partial charge on any atom is -0.386 e. The first-order valence-electron chi connectivity index (χ1n) is 11.0. The molecule has 1 amide bonds. The smallest absolute Gasteiger partial charge is 0.269 e. The van der Waals surface area contributed by atoms with Crippen molar-refractivity contribution in [2.24, 2.45) is 5.92 Å². The highest BCUT2D eigenvalue weighted by molar-refractivity contribution is 7.09. The van der Waals surface area contributed by atoms with Crippen molar-refractivity contribution in [2.75, 3.05) is 0 Å². The van der Waals surface area contributed by atoms with Crippen LogP contribution >= 0.6 is 11.3 Å². The zero-order valence-electron chi connectivity index (χ0n) is 19.0. The van der Waals surface area contributed by atoms with Gasteiger partial charge in [0.05, 0.1) is 16.7 Å². The summed E-state index contributed by atoms with van der Waals surface area (Å²) in [5.41, 5.74) is 2.47. The van der Waals surface area contributed by atoms with Crippen molar-refractivity contribution in [3.8, 4) is 0 Å². The van der Waals surface area contributed by atoms with E-state index in [0.717, 1.165) is 23.2 Å². The number of non-ortho nitro benzene ring substituents is 1. The van der Waals surface area contributed by atoms with Gasteiger partial charge in [0, 0.05) is 17.5 Å². The lowest BCUT2D eigenvalue weighted by Gasteiger charge is -2.22. The van der Waals surface area contributed by atoms with Gasteiger partial charge in [0.2, 0.25) is 5.91 Å². The Morgan fingerprint density at radius 2 is 1.74 bits per heavy atom. The molecule has 2 N–H and O–H groups in total. The second kappa shape index (κ2) is 11.6. The fraction of sp³-hybridized carbons (Fsp3) is 0.320. The van der Waals surface area contributed by atoms with Crippen molar-refractivity contribution >= 4 is 28.7 Å². The Morgan fingerprint density at radius 3 is 2.29 bits per heavy atom. The Hall–Kier alpha value is -3.43. The number of aryl methyl sites for hydroxylation is 1. The van der Waals surface area contributed by atoms with Crippen LogP contribution in [0.5, 0.6) is 0 Å². The van der Waals surface area contributed by atoms with Crippen molar-refractivity contribution in [3.63, 3.8) is 0 Å². The molecule has 0 spiro atoms. The number of rotatable bonds is 11. The molecule has 2 aromatic carbocycles. The number of benzene rings is 2. The standard InChI is InChI=1S/C25H27N3O5S/c1-3-19-15-34-25(26-19)22(14-18-9-11-20(12-10-18)28(32)33)27-24(31)21(23(30)16(2)29)13-17-7-5-4-6-8-17/h4-12,15-16,21-22,29H,3,13-14H2,1-2H3,(H,27,31)/t16?,21?,22-/m0/s1. The molecule has 0 saturated heterocycles. The van der Waals surface area contributed by atoms with E-state index in [-0.39, 0.29) is 12.1 Å². The first-order chi connectivity index (χ1) is 16.3. The number of Topliss-reactive ketones (excluding diaryl/α,β-unsaturated/α-hetero) is 1. The highest BCUT2D eigenvalue weighted by Crippen LogP contribution is 2.25. The molecule has 1 aromatic heterocycles. The minimum atomic E-state index is -1.28. The molecule has 178 valence electrons. The molecule has 0 saturated carbocycles. The third-order valence-corrected chi connectivity index (χ3v) is 6.49. The molecule has 9 heteroatoms. The molecule has 0 aliphatic carbocycles. The predicted molar refractivity (Wildman–Crippen MR) is 129 cm³/mol. The Labute approximate surface area is 201 Å². The van der Waals surface area contributed by atoms with E-state index in [9.17, 15) is 24.8 Å². The molecular formula is C25H27N3O5S. The van der Waals surface area contributed by atoms with Crippen LogP contribution in [-0.2, 0) is 28.9 Å². The molecule has 0 radical (unpaired) electrons. The number of thiazole rings is 1. The number of nitrogens with zero attached hydrogens (tertiary/aromatic N) is 2. The van der Waals surface area contributed by atoms with Gasteiger partial charge in [0.15, 0.2) is 5.78 Å². The number of nitro benzene ring substituents is 1. The maximum atomic E-state index is 13.3. The summed E-state index contributed by atoms with van der Waals surface area (Å²) in [6, 6.07) is 14.8. The number of ketones is 1. The van der Waals surface area contributed by atoms with Gasteiger partial charge in [-0.1, -0.05) is 49.4 Å². The maximum absolute atomic E-state index is 13.3. The molecule has 34 heavy (non-hydrogen) atoms. The van der Waals surface area contributed by atoms with Gasteiger partial charge in [-0.25, -0.2) is 4.98 Å². The number of hydrogen-bond donors (Lipinski definition) is 2. The fourth-order valence-corrected chi connectivity index (χ4v) is 4.52. The number of aliphatic hydroxyl groups is 1. The minimum absolute atomic E-state index is 0.0164. The molecule has 0 aliphatic rings. The van der Waals surface area contributed by atoms with Crippen LogP contribution < -0.4 is 5.32 Å². The van der Waals surface area contributed by atoms with Crippen LogP contribution in [0.15, 0.2) is 60.0 Å². The summed E-state index contributed by atoms with van der Waals surface area (Å²) in [5.74, 6) is -2.11. The first-order valence-corrected chi connectivity index (χ1v) is 11.9. The molecule has 3 atom stereocenters. The largest absolute Gasteiger partial charge is 0.386 e. The number of carbonyl (C=O) groups excluding carboxylic acids is 2. The summed E-state index contributed by atoms with van der Waals surface area (Å²) in [4.78, 5) is 41.2. The van der Waals surface area contributed by atoms with Crippen LogP contribution in [0.3, 0.4) is 0 Å². The van der Waals surface area contributed by atoms with E-state index in [0.29, 0.717) is 11.4 Å². The SMILES string of the molecule is CCc1csc([C@H](Cc2ccc([N+](=O)[O-])cc2)NC(=O)C(Cc2ccccc2)C(=O)C(C)O)n1. The predicted octanol–water partition coefficient (Wildman–Crippen LogP) is 3.82. The summed E-state index contributed by atoms with van der Waals surface area (Å²) < 4.78 is 0. The van der Waals surface area contributed by atoms with Gasteiger partial charge in [-0.05, 0) is 37.3 Å². The van der Waals surface area contributed by atoms with Crippen LogP contribution in [-0.4, -0.2) is 32.8 Å². The van der Waals surface area contributed by atoms with E-state index in [2.05, 4.69) is 10.3 Å². The van der Waals surface area contributed by atoms with Gasteiger partial charge in [0.1, 0.15) is 17.0 Å². The molecule has 8 nitrogen and oxygen atoms in total. The summed E-state index contributed by atoms with van der Waals surface area (Å²) in [7, 11) is 0. The lowest BCUT2D eigenvalue weighted by Crippen LogP contribution is -2.42. The molecule has 3 aromatic rings. The molecule has 0 aliphatic heterocycles. The maximum Gasteiger partial charge on any atom is 0.269 e. The lowest BCUT2D eigenvalue weighted by atomic mass is 9.91. The van der Waals surface area contributed by atoms with E-state index in [1.807, 2.05) is 42.6 Å². The molecule has 1 heterocycles. The fourth-order valence-electron chi connectivity index (χ4n) is 3.57. The van der Waals surface area contributed by atoms with Crippen molar-refractivity contribution in [1.29, 1.82) is 0 Å². The Kier molecular flexibility index (Phi) is 8.61. The Bertz CT molecular complexity index is 1130. The van der Waals surface area contributed by atoms with Crippen LogP contribution in [0.2, 0.25) is 0 Å². The van der Waals surface area contributed by atoms with Gasteiger partial charge in [0.25, 0.3) is 5.69 Å². The molecule has 3 rings (SSSR count). The van der Waals surface area contributed by atoms with E-state index < -0.39 is 34.7 Å². The topological polar surface area (TPSA) is 122 Å². The highest BCUT2D eigenvalue weighted by Gasteiger charge is 2.32. The number of aromatic nitrogens is 1. The highest BCUT2D eigenvalue weighted by atomic mass is 32.1. The summed E-state index contributed by atoms with van der Waals surface area (Å²) >= 11 is 1.41. The second-order valence-corrected chi connectivity index (χ2v) is 8.93. The number of hydrogen-bond acceptors (Lipinski definition) is 7. The van der Waals surface area contributed by atoms with E-state index in [1.54, 1.807) is 12.1 Å². The van der Waals surface area contributed by atoms with Crippen molar-refractivity contribution in [3.05, 3.63) is 91.9 Å². The van der Waals surface area contributed by atoms with Crippen molar-refractivity contribution in [1.82, 2.24) is 10.3 Å². The monoisotopic (exact) mass is 481 g/mol. The van der Waals surface area contributed by atoms with Gasteiger partial charge in [-0.15, -0.1) is 11.3 Å². The number of aliphatic hydroxyl groups excluding tert-OH is 1. The van der Waals surface area contributed by atoms with Crippen LogP contribution in [0, 0.1) is 16.0 Å². The molecule has 2 unspecified atom stereocenters. The zero-order valence-corrected chi connectivity index (χ0v) is 19.8. The third-order valence-electron chi connectivity index (χ3n) is 5.49. The van der Waals surface area contributed by atoms with Crippen LogP contribution in [0.1, 0.15) is 41.7 Å². The van der Waals surface area contributed by atoms with Gasteiger partial charge < -0.3 is 10.4 Å². The Morgan fingerprint density at radius 1 is 1.09 bits per heavy atom. The second-order valence-electron chi connectivity index (χ2n) is 8.04. The normalized spacial score (nSPS) is 13.6. The zero-order chi connectivity index (χ0) is 24.7. The molecule has 0 fully saturated rings. The Balaban J connectivity index is 1.87. The third kappa shape index (κ3) is 6.55. The number of carbonyl (C=O) groups is 2. The van der Waals surface area contributed by atoms with E-state index >= 15 is 0 Å². The summed E-state index contributed by atoms with van der Waals surface area (Å²) in [6.45, 7) is 3.34.